The molecule has 0 unspecified atom stereocenters. The number of hydrogen-bond donors (Lipinski definition) is 2. The van der Waals surface area contributed by atoms with Crippen molar-refractivity contribution in [2.75, 3.05) is 0 Å². The molecule has 100 valence electrons. The predicted molar refractivity (Wildman–Crippen MR) is 88.9 cm³/mol. The van der Waals surface area contributed by atoms with Crippen molar-refractivity contribution in [1.29, 1.82) is 0 Å². The van der Waals surface area contributed by atoms with E-state index in [9.17, 15) is 4.79 Å². The van der Waals surface area contributed by atoms with Crippen LogP contribution in [0, 0.1) is 3.57 Å². The lowest BCUT2D eigenvalue weighted by Gasteiger charge is -2.01. The highest BCUT2D eigenvalue weighted by atomic mass is 127. The number of aromatic nitrogens is 2. The molecule has 0 aliphatic carbocycles. The normalized spacial score (nSPS) is 10.9. The molecular weight excluding hydrogens is 435 g/mol. The van der Waals surface area contributed by atoms with Gasteiger partial charge in [0.05, 0.1) is 16.6 Å². The van der Waals surface area contributed by atoms with Crippen LogP contribution in [-0.4, -0.2) is 21.0 Å². The van der Waals surface area contributed by atoms with Crippen molar-refractivity contribution in [3.05, 3.63) is 50.0 Å². The molecule has 0 aliphatic heterocycles. The number of hydrogen-bond acceptors (Lipinski definition) is 2. The minimum atomic E-state index is -0.944. The highest BCUT2D eigenvalue weighted by Gasteiger charge is 2.11. The van der Waals surface area contributed by atoms with Gasteiger partial charge in [0, 0.05) is 13.6 Å². The van der Waals surface area contributed by atoms with E-state index < -0.39 is 5.97 Å². The van der Waals surface area contributed by atoms with Crippen molar-refractivity contribution in [2.24, 2.45) is 0 Å². The molecule has 3 aromatic rings. The summed E-state index contributed by atoms with van der Waals surface area (Å²) >= 11 is 5.69. The Morgan fingerprint density at radius 3 is 2.80 bits per heavy atom. The summed E-state index contributed by atoms with van der Waals surface area (Å²) in [5.74, 6) is -0.215. The molecule has 0 atom stereocenters. The van der Waals surface area contributed by atoms with Crippen molar-refractivity contribution in [3.8, 4) is 11.4 Å². The zero-order valence-electron chi connectivity index (χ0n) is 10.0. The molecular formula is C14H8BrIN2O2. The quantitative estimate of drug-likeness (QED) is 0.581. The molecule has 0 aliphatic rings. The Kier molecular flexibility index (Phi) is 3.51. The maximum atomic E-state index is 11.0. The molecule has 0 amide bonds. The van der Waals surface area contributed by atoms with Crippen molar-refractivity contribution in [3.63, 3.8) is 0 Å². The summed E-state index contributed by atoms with van der Waals surface area (Å²) in [5, 5.41) is 9.01. The van der Waals surface area contributed by atoms with E-state index in [2.05, 4.69) is 48.5 Å². The van der Waals surface area contributed by atoms with Crippen molar-refractivity contribution < 1.29 is 9.90 Å². The first-order valence-corrected chi connectivity index (χ1v) is 7.60. The average Bonchev–Trinajstić information content (AvgIpc) is 2.83. The van der Waals surface area contributed by atoms with Gasteiger partial charge in [-0.2, -0.15) is 0 Å². The zero-order chi connectivity index (χ0) is 14.3. The van der Waals surface area contributed by atoms with Gasteiger partial charge in [0.1, 0.15) is 5.82 Å². The number of rotatable bonds is 2. The summed E-state index contributed by atoms with van der Waals surface area (Å²) in [7, 11) is 0. The number of imidazole rings is 1. The molecule has 6 heteroatoms. The van der Waals surface area contributed by atoms with Crippen LogP contribution in [-0.2, 0) is 0 Å². The lowest BCUT2D eigenvalue weighted by Crippen LogP contribution is -1.94. The third-order valence-electron chi connectivity index (χ3n) is 2.91. The second kappa shape index (κ2) is 5.17. The molecule has 0 saturated carbocycles. The van der Waals surface area contributed by atoms with E-state index in [4.69, 9.17) is 5.11 Å². The van der Waals surface area contributed by atoms with E-state index in [1.54, 1.807) is 18.2 Å². The number of fused-ring (bicyclic) bond motifs is 1. The molecule has 1 aromatic heterocycles. The van der Waals surface area contributed by atoms with Crippen LogP contribution in [0.5, 0.6) is 0 Å². The van der Waals surface area contributed by atoms with Gasteiger partial charge in [-0.05, 0) is 59.0 Å². The minimum absolute atomic E-state index is 0.247. The van der Waals surface area contributed by atoms with Gasteiger partial charge >= 0.3 is 5.97 Å². The van der Waals surface area contributed by atoms with E-state index in [-0.39, 0.29) is 5.56 Å². The van der Waals surface area contributed by atoms with Crippen LogP contribution in [0.15, 0.2) is 40.9 Å². The van der Waals surface area contributed by atoms with Crippen LogP contribution in [0.3, 0.4) is 0 Å². The Bertz CT molecular complexity index is 829. The van der Waals surface area contributed by atoms with Crippen LogP contribution in [0.2, 0.25) is 0 Å². The lowest BCUT2D eigenvalue weighted by molar-refractivity contribution is 0.0697. The summed E-state index contributed by atoms with van der Waals surface area (Å²) in [6.45, 7) is 0. The molecule has 0 fully saturated rings. The van der Waals surface area contributed by atoms with Gasteiger partial charge in [-0.15, -0.1) is 0 Å². The van der Waals surface area contributed by atoms with Crippen LogP contribution in [0.1, 0.15) is 10.4 Å². The number of H-pyrrole nitrogens is 1. The number of nitrogens with one attached hydrogen (secondary N) is 1. The Morgan fingerprint density at radius 2 is 2.05 bits per heavy atom. The first-order valence-electron chi connectivity index (χ1n) is 5.73. The molecule has 1 heterocycles. The van der Waals surface area contributed by atoms with Gasteiger partial charge in [0.25, 0.3) is 0 Å². The number of carboxylic acids is 1. The molecule has 0 radical (unpaired) electrons. The van der Waals surface area contributed by atoms with Crippen LogP contribution in [0.4, 0.5) is 0 Å². The van der Waals surface area contributed by atoms with Gasteiger partial charge in [-0.1, -0.05) is 15.9 Å². The highest BCUT2D eigenvalue weighted by molar-refractivity contribution is 14.1. The predicted octanol–water partition coefficient (Wildman–Crippen LogP) is 4.30. The van der Waals surface area contributed by atoms with E-state index in [1.807, 2.05) is 18.2 Å². The Hall–Kier alpha value is -1.41. The number of aromatic amines is 1. The van der Waals surface area contributed by atoms with Gasteiger partial charge in [-0.3, -0.25) is 0 Å². The zero-order valence-corrected chi connectivity index (χ0v) is 13.8. The molecule has 3 rings (SSSR count). The van der Waals surface area contributed by atoms with E-state index in [0.29, 0.717) is 0 Å². The monoisotopic (exact) mass is 442 g/mol. The fourth-order valence-electron chi connectivity index (χ4n) is 1.95. The van der Waals surface area contributed by atoms with Crippen LogP contribution >= 0.6 is 38.5 Å². The number of benzene rings is 2. The second-order valence-corrected chi connectivity index (χ2v) is 6.32. The summed E-state index contributed by atoms with van der Waals surface area (Å²) in [6, 6.07) is 10.8. The molecule has 4 nitrogen and oxygen atoms in total. The minimum Gasteiger partial charge on any atom is -0.478 e. The van der Waals surface area contributed by atoms with Gasteiger partial charge < -0.3 is 10.1 Å². The van der Waals surface area contributed by atoms with Gasteiger partial charge in [-0.25, -0.2) is 9.78 Å². The SMILES string of the molecule is O=C(O)c1ccc2nc(-c3cc(Br)ccc3I)[nH]c2c1. The molecule has 2 aromatic carbocycles. The Labute approximate surface area is 136 Å². The lowest BCUT2D eigenvalue weighted by atomic mass is 10.2. The summed E-state index contributed by atoms with van der Waals surface area (Å²) in [5.41, 5.74) is 2.70. The van der Waals surface area contributed by atoms with Crippen molar-refractivity contribution >= 4 is 55.5 Å². The Balaban J connectivity index is 2.17. The van der Waals surface area contributed by atoms with Crippen molar-refractivity contribution in [1.82, 2.24) is 9.97 Å². The number of halogens is 2. The summed E-state index contributed by atoms with van der Waals surface area (Å²) < 4.78 is 2.04. The maximum Gasteiger partial charge on any atom is 0.335 e. The number of carboxylic acid groups (broad SMARTS) is 1. The van der Waals surface area contributed by atoms with Gasteiger partial charge in [0.15, 0.2) is 0 Å². The number of aromatic carboxylic acids is 1. The molecule has 0 saturated heterocycles. The first-order chi connectivity index (χ1) is 9.54. The number of nitrogens with zero attached hydrogens (tertiary/aromatic N) is 1. The van der Waals surface area contributed by atoms with Crippen molar-refractivity contribution in [2.45, 2.75) is 0 Å². The van der Waals surface area contributed by atoms with Crippen LogP contribution in [0.25, 0.3) is 22.4 Å². The average molecular weight is 443 g/mol. The first kappa shape index (κ1) is 13.6. The molecule has 0 spiro atoms. The fourth-order valence-corrected chi connectivity index (χ4v) is 2.90. The Morgan fingerprint density at radius 1 is 1.25 bits per heavy atom. The highest BCUT2D eigenvalue weighted by Crippen LogP contribution is 2.28. The third-order valence-corrected chi connectivity index (χ3v) is 4.35. The standard InChI is InChI=1S/C14H8BrIN2O2/c15-8-2-3-10(16)9(6-8)13-17-11-4-1-7(14(19)20)5-12(11)18-13/h1-6H,(H,17,18)(H,19,20). The third kappa shape index (κ3) is 2.45. The molecule has 2 N–H and O–H groups in total. The molecule has 0 bridgehead atoms. The van der Waals surface area contributed by atoms with E-state index in [1.165, 1.54) is 0 Å². The second-order valence-electron chi connectivity index (χ2n) is 4.25. The molecule has 20 heavy (non-hydrogen) atoms. The smallest absolute Gasteiger partial charge is 0.335 e. The summed E-state index contributed by atoms with van der Waals surface area (Å²) in [6.07, 6.45) is 0. The summed E-state index contributed by atoms with van der Waals surface area (Å²) in [4.78, 5) is 18.7. The number of carbonyl (C=O) groups is 1. The fraction of sp³-hybridized carbons (Fsp3) is 0. The largest absolute Gasteiger partial charge is 0.478 e. The van der Waals surface area contributed by atoms with E-state index >= 15 is 0 Å². The maximum absolute atomic E-state index is 11.0. The van der Waals surface area contributed by atoms with Gasteiger partial charge in [0.2, 0.25) is 0 Å². The van der Waals surface area contributed by atoms with Crippen LogP contribution < -0.4 is 0 Å². The topological polar surface area (TPSA) is 66.0 Å². The van der Waals surface area contributed by atoms with E-state index in [0.717, 1.165) is 30.5 Å².